The van der Waals surface area contributed by atoms with Gasteiger partial charge in [-0.2, -0.15) is 0 Å². The van der Waals surface area contributed by atoms with Crippen LogP contribution in [0.5, 0.6) is 0 Å². The van der Waals surface area contributed by atoms with Crippen LogP contribution in [0.1, 0.15) is 34.7 Å². The molecule has 0 bridgehead atoms. The molecule has 0 spiro atoms. The number of ether oxygens (including phenoxy) is 1. The maximum atomic E-state index is 11.3. The molecule has 0 aliphatic heterocycles. The average molecular weight is 325 g/mol. The van der Waals surface area contributed by atoms with Crippen LogP contribution in [0.4, 0.5) is 0 Å². The highest BCUT2D eigenvalue weighted by Gasteiger charge is 2.11. The number of hydrogen-bond donors (Lipinski definition) is 3. The number of amidine groups is 1. The number of rotatable bonds is 7. The predicted molar refractivity (Wildman–Crippen MR) is 94.9 cm³/mol. The van der Waals surface area contributed by atoms with E-state index in [1.807, 2.05) is 48.5 Å². The molecule has 1 atom stereocenters. The minimum atomic E-state index is -0.342. The number of methoxy groups -OCH3 is 1. The van der Waals surface area contributed by atoms with Gasteiger partial charge in [-0.3, -0.25) is 10.2 Å². The van der Waals surface area contributed by atoms with Gasteiger partial charge >= 0.3 is 5.97 Å². The molecule has 1 unspecified atom stereocenters. The molecule has 2 rings (SSSR count). The molecule has 0 aliphatic carbocycles. The number of benzene rings is 2. The molecule has 0 amide bonds. The van der Waals surface area contributed by atoms with Gasteiger partial charge in [-0.25, -0.2) is 0 Å². The second kappa shape index (κ2) is 8.26. The van der Waals surface area contributed by atoms with Crippen molar-refractivity contribution in [1.29, 1.82) is 5.41 Å². The van der Waals surface area contributed by atoms with Gasteiger partial charge in [0.25, 0.3) is 0 Å². The van der Waals surface area contributed by atoms with E-state index in [1.54, 1.807) is 0 Å². The van der Waals surface area contributed by atoms with Gasteiger partial charge in [-0.05, 0) is 29.5 Å². The molecule has 126 valence electrons. The Balaban J connectivity index is 1.91. The minimum absolute atomic E-state index is 0.0837. The highest BCUT2D eigenvalue weighted by Crippen LogP contribution is 2.16. The van der Waals surface area contributed by atoms with Crippen LogP contribution in [0.3, 0.4) is 0 Å². The number of esters is 1. The Bertz CT molecular complexity index is 694. The SMILES string of the molecule is COC(=O)CC(N)c1ccc(CCc2ccc(C(=N)N)cc2)cc1. The number of carbonyl (C=O) groups is 1. The first-order valence-corrected chi connectivity index (χ1v) is 7.84. The maximum absolute atomic E-state index is 11.3. The van der Waals surface area contributed by atoms with Crippen molar-refractivity contribution in [2.24, 2.45) is 11.5 Å². The van der Waals surface area contributed by atoms with Crippen molar-refractivity contribution in [2.45, 2.75) is 25.3 Å². The summed E-state index contributed by atoms with van der Waals surface area (Å²) < 4.78 is 4.64. The van der Waals surface area contributed by atoms with E-state index in [4.69, 9.17) is 16.9 Å². The van der Waals surface area contributed by atoms with Crippen LogP contribution in [0, 0.1) is 5.41 Å². The van der Waals surface area contributed by atoms with E-state index in [-0.39, 0.29) is 24.3 Å². The molecule has 0 saturated heterocycles. The molecule has 24 heavy (non-hydrogen) atoms. The van der Waals surface area contributed by atoms with Gasteiger partial charge in [0, 0.05) is 11.6 Å². The lowest BCUT2D eigenvalue weighted by Gasteiger charge is -2.11. The van der Waals surface area contributed by atoms with Crippen molar-refractivity contribution in [3.63, 3.8) is 0 Å². The average Bonchev–Trinajstić information content (AvgIpc) is 2.60. The van der Waals surface area contributed by atoms with Crippen LogP contribution in [-0.2, 0) is 22.4 Å². The van der Waals surface area contributed by atoms with Crippen LogP contribution in [0.2, 0.25) is 0 Å². The molecular formula is C19H23N3O2. The van der Waals surface area contributed by atoms with Crippen LogP contribution in [0.25, 0.3) is 0 Å². The Morgan fingerprint density at radius 1 is 1.04 bits per heavy atom. The molecule has 5 heteroatoms. The van der Waals surface area contributed by atoms with E-state index in [0.717, 1.165) is 24.0 Å². The van der Waals surface area contributed by atoms with Crippen LogP contribution >= 0.6 is 0 Å². The second-order valence-corrected chi connectivity index (χ2v) is 5.74. The van der Waals surface area contributed by atoms with Crippen LogP contribution in [0.15, 0.2) is 48.5 Å². The fraction of sp³-hybridized carbons (Fsp3) is 0.263. The highest BCUT2D eigenvalue weighted by atomic mass is 16.5. The van der Waals surface area contributed by atoms with Gasteiger partial charge in [-0.1, -0.05) is 48.5 Å². The van der Waals surface area contributed by atoms with Crippen LogP contribution < -0.4 is 11.5 Å². The summed E-state index contributed by atoms with van der Waals surface area (Å²) in [6.45, 7) is 0. The molecule has 2 aromatic rings. The Kier molecular flexibility index (Phi) is 6.09. The molecule has 5 N–H and O–H groups in total. The van der Waals surface area contributed by atoms with Gasteiger partial charge in [0.2, 0.25) is 0 Å². The topological polar surface area (TPSA) is 102 Å². The first-order valence-electron chi connectivity index (χ1n) is 7.84. The molecule has 0 fully saturated rings. The van der Waals surface area contributed by atoms with Crippen molar-refractivity contribution in [3.8, 4) is 0 Å². The summed E-state index contributed by atoms with van der Waals surface area (Å²) in [4.78, 5) is 11.3. The third kappa shape index (κ3) is 4.93. The molecule has 2 aromatic carbocycles. The number of nitrogen functional groups attached to an aromatic ring is 1. The van der Waals surface area contributed by atoms with Crippen molar-refractivity contribution in [1.82, 2.24) is 0 Å². The first-order chi connectivity index (χ1) is 11.5. The summed E-state index contributed by atoms with van der Waals surface area (Å²) in [6, 6.07) is 15.4. The maximum Gasteiger partial charge on any atom is 0.307 e. The second-order valence-electron chi connectivity index (χ2n) is 5.74. The molecule has 0 aromatic heterocycles. The summed E-state index contributed by atoms with van der Waals surface area (Å²) in [5.41, 5.74) is 15.5. The van der Waals surface area contributed by atoms with Crippen LogP contribution in [-0.4, -0.2) is 18.9 Å². The molecular weight excluding hydrogens is 302 g/mol. The molecule has 0 aliphatic rings. The summed E-state index contributed by atoms with van der Waals surface area (Å²) in [7, 11) is 1.36. The summed E-state index contributed by atoms with van der Waals surface area (Å²) >= 11 is 0. The number of hydrogen-bond acceptors (Lipinski definition) is 4. The van der Waals surface area contributed by atoms with Gasteiger partial charge < -0.3 is 16.2 Å². The number of aryl methyl sites for hydroxylation is 2. The van der Waals surface area contributed by atoms with Gasteiger partial charge in [0.15, 0.2) is 0 Å². The van der Waals surface area contributed by atoms with E-state index in [0.29, 0.717) is 0 Å². The van der Waals surface area contributed by atoms with Crippen molar-refractivity contribution in [3.05, 3.63) is 70.8 Å². The van der Waals surface area contributed by atoms with Gasteiger partial charge in [0.1, 0.15) is 5.84 Å². The summed E-state index contributed by atoms with van der Waals surface area (Å²) in [6.07, 6.45) is 2.00. The zero-order chi connectivity index (χ0) is 17.5. The third-order valence-corrected chi connectivity index (χ3v) is 3.99. The quantitative estimate of drug-likeness (QED) is 0.413. The van der Waals surface area contributed by atoms with Crippen molar-refractivity contribution >= 4 is 11.8 Å². The molecule has 0 radical (unpaired) electrons. The van der Waals surface area contributed by atoms with Gasteiger partial charge in [-0.15, -0.1) is 0 Å². The zero-order valence-electron chi connectivity index (χ0n) is 13.8. The molecule has 0 saturated carbocycles. The van der Waals surface area contributed by atoms with E-state index >= 15 is 0 Å². The van der Waals surface area contributed by atoms with Gasteiger partial charge in [0.05, 0.1) is 13.5 Å². The Hall–Kier alpha value is -2.66. The normalized spacial score (nSPS) is 11.8. The predicted octanol–water partition coefficient (Wildman–Crippen LogP) is 2.32. The fourth-order valence-electron chi connectivity index (χ4n) is 2.45. The lowest BCUT2D eigenvalue weighted by molar-refractivity contribution is -0.141. The fourth-order valence-corrected chi connectivity index (χ4v) is 2.45. The number of nitrogens with one attached hydrogen (secondary N) is 1. The smallest absolute Gasteiger partial charge is 0.307 e. The van der Waals surface area contributed by atoms with E-state index < -0.39 is 0 Å². The highest BCUT2D eigenvalue weighted by molar-refractivity contribution is 5.94. The minimum Gasteiger partial charge on any atom is -0.469 e. The number of carbonyl (C=O) groups excluding carboxylic acids is 1. The van der Waals surface area contributed by atoms with E-state index in [9.17, 15) is 4.79 Å². The lowest BCUT2D eigenvalue weighted by atomic mass is 9.99. The van der Waals surface area contributed by atoms with Crippen molar-refractivity contribution < 1.29 is 9.53 Å². The Morgan fingerprint density at radius 3 is 2.00 bits per heavy atom. The Morgan fingerprint density at radius 2 is 1.54 bits per heavy atom. The summed E-state index contributed by atoms with van der Waals surface area (Å²) in [5, 5.41) is 7.39. The van der Waals surface area contributed by atoms with E-state index in [1.165, 1.54) is 18.2 Å². The standard InChI is InChI=1S/C19H23N3O2/c1-24-18(23)12-17(20)15-8-4-13(5-9-15)2-3-14-6-10-16(11-7-14)19(21)22/h4-11,17H,2-3,12,20H2,1H3,(H3,21,22). The lowest BCUT2D eigenvalue weighted by Crippen LogP contribution is -2.16. The zero-order valence-corrected chi connectivity index (χ0v) is 13.8. The van der Waals surface area contributed by atoms with E-state index in [2.05, 4.69) is 4.74 Å². The molecule has 0 heterocycles. The Labute approximate surface area is 142 Å². The largest absolute Gasteiger partial charge is 0.469 e. The summed E-state index contributed by atoms with van der Waals surface area (Å²) in [5.74, 6) is -0.221. The first kappa shape index (κ1) is 17.7. The third-order valence-electron chi connectivity index (χ3n) is 3.99. The van der Waals surface area contributed by atoms with Crippen molar-refractivity contribution in [2.75, 3.05) is 7.11 Å². The number of nitrogens with two attached hydrogens (primary N) is 2. The molecule has 5 nitrogen and oxygen atoms in total. The monoisotopic (exact) mass is 325 g/mol.